The molecule has 0 aliphatic heterocycles. The molecule has 0 saturated carbocycles. The topological polar surface area (TPSA) is 0 Å². The van der Waals surface area contributed by atoms with E-state index in [0.29, 0.717) is 0 Å². The molecule has 0 bridgehead atoms. The SMILES string of the molecule is CS(C)(C)C1CCCc2ccccc21. The van der Waals surface area contributed by atoms with Gasteiger partial charge >= 0.3 is 0 Å². The Morgan fingerprint density at radius 3 is 2.57 bits per heavy atom. The molecule has 0 spiro atoms. The standard InChI is InChI=1S/C13H20S/c1-14(2,3)13-10-6-8-11-7-4-5-9-12(11)13/h4-5,7,9,13H,6,8,10H2,1-3H3. The Balaban J connectivity index is 2.41. The van der Waals surface area contributed by atoms with Gasteiger partial charge in [0.1, 0.15) is 0 Å². The molecule has 0 amide bonds. The van der Waals surface area contributed by atoms with Gasteiger partial charge in [-0.25, -0.2) is 10.0 Å². The Bertz CT molecular complexity index is 322. The van der Waals surface area contributed by atoms with Crippen LogP contribution in [0, 0.1) is 0 Å². The third-order valence-electron chi connectivity index (χ3n) is 3.17. The molecule has 1 aromatic carbocycles. The second-order valence-electron chi connectivity index (χ2n) is 5.01. The van der Waals surface area contributed by atoms with Crippen LogP contribution in [0.2, 0.25) is 0 Å². The van der Waals surface area contributed by atoms with Crippen LogP contribution in [-0.2, 0) is 6.42 Å². The molecular weight excluding hydrogens is 188 g/mol. The first-order valence-corrected chi connectivity index (χ1v) is 8.26. The summed E-state index contributed by atoms with van der Waals surface area (Å²) in [5.74, 6) is 0. The first-order valence-electron chi connectivity index (χ1n) is 5.34. The van der Waals surface area contributed by atoms with Crippen molar-refractivity contribution in [3.8, 4) is 0 Å². The zero-order valence-electron chi connectivity index (χ0n) is 9.42. The van der Waals surface area contributed by atoms with Gasteiger partial charge in [0, 0.05) is 5.25 Å². The largest absolute Gasteiger partial charge is 0.243 e. The molecule has 14 heavy (non-hydrogen) atoms. The molecule has 1 heteroatoms. The van der Waals surface area contributed by atoms with E-state index < -0.39 is 10.0 Å². The predicted molar refractivity (Wildman–Crippen MR) is 67.5 cm³/mol. The lowest BCUT2D eigenvalue weighted by molar-refractivity contribution is 0.669. The van der Waals surface area contributed by atoms with Crippen LogP contribution in [0.25, 0.3) is 0 Å². The summed E-state index contributed by atoms with van der Waals surface area (Å²) in [6, 6.07) is 9.03. The van der Waals surface area contributed by atoms with Gasteiger partial charge in [-0.2, -0.15) is 0 Å². The summed E-state index contributed by atoms with van der Waals surface area (Å²) in [7, 11) is -0.439. The van der Waals surface area contributed by atoms with Gasteiger partial charge < -0.3 is 0 Å². The summed E-state index contributed by atoms with van der Waals surface area (Å²) in [5, 5.41) is 0.840. The van der Waals surface area contributed by atoms with Crippen molar-refractivity contribution < 1.29 is 0 Å². The van der Waals surface area contributed by atoms with Crippen molar-refractivity contribution >= 4 is 10.0 Å². The number of aryl methyl sites for hydroxylation is 1. The summed E-state index contributed by atoms with van der Waals surface area (Å²) in [6.45, 7) is 0. The zero-order valence-corrected chi connectivity index (χ0v) is 10.2. The third-order valence-corrected chi connectivity index (χ3v) is 5.36. The molecule has 0 saturated heterocycles. The summed E-state index contributed by atoms with van der Waals surface area (Å²) < 4.78 is 0. The molecule has 1 aliphatic rings. The molecule has 0 heterocycles. The predicted octanol–water partition coefficient (Wildman–Crippen LogP) is 3.76. The minimum atomic E-state index is -0.439. The fraction of sp³-hybridized carbons (Fsp3) is 0.538. The highest BCUT2D eigenvalue weighted by atomic mass is 32.3. The van der Waals surface area contributed by atoms with Crippen molar-refractivity contribution in [2.24, 2.45) is 0 Å². The zero-order chi connectivity index (χ0) is 10.2. The van der Waals surface area contributed by atoms with Crippen LogP contribution in [0.3, 0.4) is 0 Å². The van der Waals surface area contributed by atoms with Crippen LogP contribution in [0.1, 0.15) is 29.2 Å². The van der Waals surface area contributed by atoms with E-state index in [1.165, 1.54) is 19.3 Å². The van der Waals surface area contributed by atoms with Crippen LogP contribution in [-0.4, -0.2) is 18.8 Å². The normalized spacial score (nSPS) is 22.9. The smallest absolute Gasteiger partial charge is 0.0136 e. The number of fused-ring (bicyclic) bond motifs is 1. The Hall–Kier alpha value is -0.430. The molecule has 2 rings (SSSR count). The summed E-state index contributed by atoms with van der Waals surface area (Å²) in [4.78, 5) is 0. The Kier molecular flexibility index (Phi) is 2.61. The van der Waals surface area contributed by atoms with Crippen LogP contribution >= 0.6 is 10.0 Å². The van der Waals surface area contributed by atoms with Gasteiger partial charge in [0.25, 0.3) is 0 Å². The van der Waals surface area contributed by atoms with Gasteiger partial charge in [-0.15, -0.1) is 0 Å². The Labute approximate surface area is 89.0 Å². The highest BCUT2D eigenvalue weighted by molar-refractivity contribution is 8.32. The average molecular weight is 208 g/mol. The minimum Gasteiger partial charge on any atom is -0.243 e. The van der Waals surface area contributed by atoms with Crippen molar-refractivity contribution in [3.05, 3.63) is 35.4 Å². The second kappa shape index (κ2) is 3.62. The van der Waals surface area contributed by atoms with Gasteiger partial charge in [0.2, 0.25) is 0 Å². The average Bonchev–Trinajstić information content (AvgIpc) is 2.15. The Morgan fingerprint density at radius 1 is 1.14 bits per heavy atom. The van der Waals surface area contributed by atoms with Gasteiger partial charge in [0.05, 0.1) is 0 Å². The van der Waals surface area contributed by atoms with Crippen LogP contribution in [0.4, 0.5) is 0 Å². The quantitative estimate of drug-likeness (QED) is 0.659. The fourth-order valence-electron chi connectivity index (χ4n) is 2.44. The molecule has 78 valence electrons. The highest BCUT2D eigenvalue weighted by Gasteiger charge is 2.26. The van der Waals surface area contributed by atoms with Crippen molar-refractivity contribution in [2.45, 2.75) is 24.5 Å². The molecule has 1 atom stereocenters. The van der Waals surface area contributed by atoms with E-state index in [9.17, 15) is 0 Å². The van der Waals surface area contributed by atoms with E-state index in [0.717, 1.165) is 5.25 Å². The number of benzene rings is 1. The summed E-state index contributed by atoms with van der Waals surface area (Å²) in [6.07, 6.45) is 11.4. The maximum absolute atomic E-state index is 2.44. The number of hydrogen-bond acceptors (Lipinski definition) is 0. The lowest BCUT2D eigenvalue weighted by Crippen LogP contribution is -2.14. The molecule has 1 aromatic rings. The third kappa shape index (κ3) is 1.83. The van der Waals surface area contributed by atoms with E-state index in [4.69, 9.17) is 0 Å². The lowest BCUT2D eigenvalue weighted by Gasteiger charge is -2.40. The van der Waals surface area contributed by atoms with Crippen LogP contribution in [0.15, 0.2) is 24.3 Å². The van der Waals surface area contributed by atoms with Crippen molar-refractivity contribution in [1.82, 2.24) is 0 Å². The molecular formula is C13H20S. The van der Waals surface area contributed by atoms with Crippen molar-refractivity contribution in [3.63, 3.8) is 0 Å². The van der Waals surface area contributed by atoms with E-state index in [-0.39, 0.29) is 0 Å². The molecule has 0 aromatic heterocycles. The fourth-order valence-corrected chi connectivity index (χ4v) is 4.31. The Morgan fingerprint density at radius 2 is 1.86 bits per heavy atom. The van der Waals surface area contributed by atoms with Crippen molar-refractivity contribution in [2.75, 3.05) is 18.8 Å². The molecule has 0 nitrogen and oxygen atoms in total. The second-order valence-corrected chi connectivity index (χ2v) is 9.44. The van der Waals surface area contributed by atoms with E-state index in [1.54, 1.807) is 11.1 Å². The van der Waals surface area contributed by atoms with Crippen LogP contribution in [0.5, 0.6) is 0 Å². The van der Waals surface area contributed by atoms with Crippen LogP contribution < -0.4 is 0 Å². The first kappa shape index (κ1) is 10.1. The maximum atomic E-state index is 2.44. The van der Waals surface area contributed by atoms with Gasteiger partial charge in [-0.1, -0.05) is 24.3 Å². The van der Waals surface area contributed by atoms with E-state index in [1.807, 2.05) is 0 Å². The van der Waals surface area contributed by atoms with Gasteiger partial charge in [-0.3, -0.25) is 0 Å². The summed E-state index contributed by atoms with van der Waals surface area (Å²) >= 11 is 0. The maximum Gasteiger partial charge on any atom is 0.0136 e. The van der Waals surface area contributed by atoms with E-state index in [2.05, 4.69) is 43.0 Å². The van der Waals surface area contributed by atoms with Crippen molar-refractivity contribution in [1.29, 1.82) is 0 Å². The molecule has 1 unspecified atom stereocenters. The highest BCUT2D eigenvalue weighted by Crippen LogP contribution is 2.56. The first-order chi connectivity index (χ1) is 6.59. The number of rotatable bonds is 1. The number of hydrogen-bond donors (Lipinski definition) is 0. The van der Waals surface area contributed by atoms with Gasteiger partial charge in [0.15, 0.2) is 0 Å². The molecule has 1 aliphatic carbocycles. The van der Waals surface area contributed by atoms with Gasteiger partial charge in [-0.05, 0) is 49.2 Å². The van der Waals surface area contributed by atoms with E-state index >= 15 is 0 Å². The molecule has 0 N–H and O–H groups in total. The minimum absolute atomic E-state index is 0.439. The molecule has 0 fully saturated rings. The lowest BCUT2D eigenvalue weighted by atomic mass is 9.91. The monoisotopic (exact) mass is 208 g/mol. The molecule has 0 radical (unpaired) electrons. The summed E-state index contributed by atoms with van der Waals surface area (Å²) in [5.41, 5.74) is 3.24.